The summed E-state index contributed by atoms with van der Waals surface area (Å²) in [7, 11) is 0. The Kier molecular flexibility index (Phi) is 3.09. The van der Waals surface area contributed by atoms with Gasteiger partial charge < -0.3 is 15.9 Å². The Balaban J connectivity index is 1.73. The van der Waals surface area contributed by atoms with Crippen LogP contribution in [0.25, 0.3) is 0 Å². The molecule has 0 saturated heterocycles. The van der Waals surface area contributed by atoms with Crippen molar-refractivity contribution >= 4 is 0 Å². The number of fused-ring (bicyclic) bond motifs is 5. The highest BCUT2D eigenvalue weighted by atomic mass is 16.3. The minimum Gasteiger partial charge on any atom is -0.512 e. The summed E-state index contributed by atoms with van der Waals surface area (Å²) in [6, 6.07) is 0.165. The summed E-state index contributed by atoms with van der Waals surface area (Å²) in [6.07, 6.45) is 10.0. The van der Waals surface area contributed by atoms with Crippen LogP contribution in [0.3, 0.4) is 0 Å². The first-order valence-corrected chi connectivity index (χ1v) is 8.91. The molecule has 4 aliphatic rings. The van der Waals surface area contributed by atoms with E-state index in [1.54, 1.807) is 0 Å². The van der Waals surface area contributed by atoms with Gasteiger partial charge >= 0.3 is 0 Å². The predicted octanol–water partition coefficient (Wildman–Crippen LogP) is 3.30. The van der Waals surface area contributed by atoms with E-state index < -0.39 is 0 Å². The molecule has 4 aliphatic carbocycles. The van der Waals surface area contributed by atoms with Gasteiger partial charge in [0.1, 0.15) is 0 Å². The van der Waals surface area contributed by atoms with Crippen LogP contribution in [0.15, 0.2) is 23.5 Å². The molecule has 22 heavy (non-hydrogen) atoms. The fourth-order valence-corrected chi connectivity index (χ4v) is 6.27. The van der Waals surface area contributed by atoms with Gasteiger partial charge in [-0.05, 0) is 67.8 Å². The lowest BCUT2D eigenvalue weighted by Crippen LogP contribution is -2.55. The van der Waals surface area contributed by atoms with Crippen molar-refractivity contribution in [1.29, 1.82) is 0 Å². The average molecular weight is 303 g/mol. The molecule has 0 bridgehead atoms. The Morgan fingerprint density at radius 2 is 1.86 bits per heavy atom. The van der Waals surface area contributed by atoms with Crippen molar-refractivity contribution in [2.75, 3.05) is 0 Å². The van der Waals surface area contributed by atoms with Crippen LogP contribution in [0.5, 0.6) is 0 Å². The highest BCUT2D eigenvalue weighted by molar-refractivity contribution is 5.29. The van der Waals surface area contributed by atoms with Crippen LogP contribution in [0.1, 0.15) is 52.4 Å². The molecule has 3 nitrogen and oxygen atoms in total. The molecule has 122 valence electrons. The van der Waals surface area contributed by atoms with Crippen LogP contribution in [-0.2, 0) is 0 Å². The zero-order chi connectivity index (χ0) is 15.7. The third kappa shape index (κ3) is 1.75. The summed E-state index contributed by atoms with van der Waals surface area (Å²) < 4.78 is 0. The van der Waals surface area contributed by atoms with Crippen molar-refractivity contribution in [3.63, 3.8) is 0 Å². The van der Waals surface area contributed by atoms with E-state index in [4.69, 9.17) is 5.73 Å². The number of allylic oxidation sites excluding steroid dienone is 2. The van der Waals surface area contributed by atoms with E-state index in [-0.39, 0.29) is 23.0 Å². The smallest absolute Gasteiger partial charge is 0.0944 e. The van der Waals surface area contributed by atoms with Crippen molar-refractivity contribution in [3.05, 3.63) is 23.5 Å². The van der Waals surface area contributed by atoms with Crippen LogP contribution < -0.4 is 5.73 Å². The molecule has 0 spiro atoms. The third-order valence-electron chi connectivity index (χ3n) is 7.71. The molecule has 7 atom stereocenters. The van der Waals surface area contributed by atoms with Crippen molar-refractivity contribution < 1.29 is 10.2 Å². The molecule has 0 unspecified atom stereocenters. The second-order valence-electron chi connectivity index (χ2n) is 8.65. The number of nitrogens with two attached hydrogens (primary N) is 1. The van der Waals surface area contributed by atoms with Gasteiger partial charge in [-0.2, -0.15) is 0 Å². The summed E-state index contributed by atoms with van der Waals surface area (Å²) >= 11 is 0. The second-order valence-corrected chi connectivity index (χ2v) is 8.65. The Labute approximate surface area is 133 Å². The summed E-state index contributed by atoms with van der Waals surface area (Å²) in [5, 5.41) is 21.2. The second kappa shape index (κ2) is 4.61. The molecule has 0 aliphatic heterocycles. The third-order valence-corrected chi connectivity index (χ3v) is 7.71. The molecule has 0 heterocycles. The number of rotatable bonds is 0. The summed E-state index contributed by atoms with van der Waals surface area (Å²) in [6.45, 7) is 4.60. The first-order chi connectivity index (χ1) is 10.4. The molecule has 2 saturated carbocycles. The fourth-order valence-electron chi connectivity index (χ4n) is 6.27. The minimum atomic E-state index is -0.279. The first kappa shape index (κ1) is 14.8. The largest absolute Gasteiger partial charge is 0.512 e. The molecule has 2 fully saturated rings. The van der Waals surface area contributed by atoms with E-state index in [1.165, 1.54) is 5.57 Å². The highest BCUT2D eigenvalue weighted by Gasteiger charge is 2.59. The molecule has 0 aromatic carbocycles. The Morgan fingerprint density at radius 1 is 1.14 bits per heavy atom. The van der Waals surface area contributed by atoms with Gasteiger partial charge in [-0.25, -0.2) is 0 Å². The van der Waals surface area contributed by atoms with Gasteiger partial charge in [0.05, 0.1) is 11.9 Å². The van der Waals surface area contributed by atoms with Crippen LogP contribution in [0, 0.1) is 28.6 Å². The standard InChI is InChI=1S/C19H29NO2/c1-18-7-5-12(20)9-11(18)10-15(21)17-13-3-4-16(22)19(13,2)8-6-14(17)18/h4,9,12-15,17,21-22H,3,5-8,10,20H2,1-2H3/t12-,13-,14-,15-,17-,18-,19-/m0/s1. The molecule has 4 rings (SSSR count). The Morgan fingerprint density at radius 3 is 2.64 bits per heavy atom. The van der Waals surface area contributed by atoms with Crippen molar-refractivity contribution in [2.24, 2.45) is 34.3 Å². The summed E-state index contributed by atoms with van der Waals surface area (Å²) in [5.41, 5.74) is 7.64. The number of hydrogen-bond acceptors (Lipinski definition) is 3. The van der Waals surface area contributed by atoms with Gasteiger partial charge in [0.25, 0.3) is 0 Å². The van der Waals surface area contributed by atoms with Gasteiger partial charge in [-0.3, -0.25) is 0 Å². The van der Waals surface area contributed by atoms with Gasteiger partial charge in [-0.15, -0.1) is 0 Å². The highest BCUT2D eigenvalue weighted by Crippen LogP contribution is 2.64. The molecule has 4 N–H and O–H groups in total. The molecule has 0 aromatic heterocycles. The van der Waals surface area contributed by atoms with Gasteiger partial charge in [0.15, 0.2) is 0 Å². The normalized spacial score (nSPS) is 53.9. The monoisotopic (exact) mass is 303 g/mol. The van der Waals surface area contributed by atoms with E-state index in [9.17, 15) is 10.2 Å². The van der Waals surface area contributed by atoms with E-state index >= 15 is 0 Å². The van der Waals surface area contributed by atoms with Crippen LogP contribution in [0.2, 0.25) is 0 Å². The van der Waals surface area contributed by atoms with E-state index in [0.29, 0.717) is 23.5 Å². The van der Waals surface area contributed by atoms with Crippen LogP contribution in [0.4, 0.5) is 0 Å². The SMILES string of the molecule is C[C@]12CC[C@H](N)C=C1C[C@H](O)[C@@H]1[C@@H]2CC[C@]2(C)C(O)=CC[C@@H]12. The topological polar surface area (TPSA) is 66.5 Å². The van der Waals surface area contributed by atoms with Gasteiger partial charge in [-0.1, -0.05) is 25.5 Å². The van der Waals surface area contributed by atoms with Crippen LogP contribution in [-0.4, -0.2) is 22.4 Å². The lowest BCUT2D eigenvalue weighted by Gasteiger charge is -2.59. The molecule has 0 radical (unpaired) electrons. The summed E-state index contributed by atoms with van der Waals surface area (Å²) in [5.74, 6) is 1.82. The quantitative estimate of drug-likeness (QED) is 0.602. The molecular formula is C19H29NO2. The van der Waals surface area contributed by atoms with Crippen molar-refractivity contribution in [2.45, 2.75) is 64.5 Å². The lowest BCUT2D eigenvalue weighted by atomic mass is 9.46. The van der Waals surface area contributed by atoms with Crippen molar-refractivity contribution in [3.8, 4) is 0 Å². The maximum Gasteiger partial charge on any atom is 0.0944 e. The average Bonchev–Trinajstić information content (AvgIpc) is 2.77. The lowest BCUT2D eigenvalue weighted by molar-refractivity contribution is -0.101. The molecule has 0 aromatic rings. The Hall–Kier alpha value is -0.800. The zero-order valence-corrected chi connectivity index (χ0v) is 13.8. The van der Waals surface area contributed by atoms with E-state index in [0.717, 1.165) is 38.5 Å². The fraction of sp³-hybridized carbons (Fsp3) is 0.789. The molecule has 3 heteroatoms. The number of hydrogen-bond donors (Lipinski definition) is 3. The number of aliphatic hydroxyl groups is 2. The maximum atomic E-state index is 10.9. The Bertz CT molecular complexity index is 554. The summed E-state index contributed by atoms with van der Waals surface area (Å²) in [4.78, 5) is 0. The molecule has 0 amide bonds. The van der Waals surface area contributed by atoms with E-state index in [2.05, 4.69) is 19.9 Å². The van der Waals surface area contributed by atoms with E-state index in [1.807, 2.05) is 6.08 Å². The van der Waals surface area contributed by atoms with Crippen LogP contribution >= 0.6 is 0 Å². The minimum absolute atomic E-state index is 0.106. The maximum absolute atomic E-state index is 10.9. The zero-order valence-electron chi connectivity index (χ0n) is 13.8. The first-order valence-electron chi connectivity index (χ1n) is 8.91. The van der Waals surface area contributed by atoms with Gasteiger partial charge in [0, 0.05) is 11.5 Å². The van der Waals surface area contributed by atoms with Crippen molar-refractivity contribution in [1.82, 2.24) is 0 Å². The predicted molar refractivity (Wildman–Crippen MR) is 87.2 cm³/mol. The molecular weight excluding hydrogens is 274 g/mol. The number of aliphatic hydroxyl groups excluding tert-OH is 2. The van der Waals surface area contributed by atoms with Gasteiger partial charge in [0.2, 0.25) is 0 Å².